The molecule has 0 heterocycles. The average Bonchev–Trinajstić information content (AvgIpc) is 2.82. The second-order valence-electron chi connectivity index (χ2n) is 7.49. The summed E-state index contributed by atoms with van der Waals surface area (Å²) in [5.74, 6) is 11.9. The molecule has 0 spiro atoms. The van der Waals surface area contributed by atoms with Crippen LogP contribution in [-0.2, 0) is 0 Å². The largest absolute Gasteiger partial charge is 0.207 e. The van der Waals surface area contributed by atoms with Crippen LogP contribution in [0.1, 0.15) is 22.3 Å². The fraction of sp³-hybridized carbons (Fsp3) is 0. The Bertz CT molecular complexity index is 1450. The SMILES string of the molecule is Fc1ccc(C#Cc2ccc3cc4cc(C#Cc5ccc(F)cc5)ccc4cc3c2)cc1. The van der Waals surface area contributed by atoms with Crippen molar-refractivity contribution in [3.05, 3.63) is 131 Å². The van der Waals surface area contributed by atoms with E-state index in [1.165, 1.54) is 24.3 Å². The van der Waals surface area contributed by atoms with Gasteiger partial charge in [0.15, 0.2) is 0 Å². The first-order valence-corrected chi connectivity index (χ1v) is 10.2. The zero-order valence-corrected chi connectivity index (χ0v) is 17.0. The van der Waals surface area contributed by atoms with E-state index < -0.39 is 0 Å². The van der Waals surface area contributed by atoms with E-state index >= 15 is 0 Å². The third-order valence-corrected chi connectivity index (χ3v) is 5.19. The van der Waals surface area contributed by atoms with Crippen LogP contribution >= 0.6 is 0 Å². The van der Waals surface area contributed by atoms with Crippen LogP contribution in [0.5, 0.6) is 0 Å². The second kappa shape index (κ2) is 8.38. The van der Waals surface area contributed by atoms with Crippen molar-refractivity contribution in [1.29, 1.82) is 0 Å². The van der Waals surface area contributed by atoms with Crippen molar-refractivity contribution < 1.29 is 8.78 Å². The maximum Gasteiger partial charge on any atom is 0.123 e. The van der Waals surface area contributed by atoms with Gasteiger partial charge in [-0.05, 0) is 106 Å². The summed E-state index contributed by atoms with van der Waals surface area (Å²) in [6.45, 7) is 0. The van der Waals surface area contributed by atoms with Crippen molar-refractivity contribution >= 4 is 21.5 Å². The molecule has 0 radical (unpaired) electrons. The third kappa shape index (κ3) is 4.36. The van der Waals surface area contributed by atoms with Gasteiger partial charge in [0.05, 0.1) is 0 Å². The third-order valence-electron chi connectivity index (χ3n) is 5.19. The minimum Gasteiger partial charge on any atom is -0.207 e. The van der Waals surface area contributed by atoms with Gasteiger partial charge in [0, 0.05) is 22.3 Å². The molecule has 0 aliphatic rings. The summed E-state index contributed by atoms with van der Waals surface area (Å²) in [7, 11) is 0. The Hall–Kier alpha value is -4.40. The molecule has 0 aromatic heterocycles. The number of hydrogen-bond donors (Lipinski definition) is 0. The summed E-state index contributed by atoms with van der Waals surface area (Å²) >= 11 is 0. The van der Waals surface area contributed by atoms with Gasteiger partial charge >= 0.3 is 0 Å². The van der Waals surface area contributed by atoms with E-state index in [-0.39, 0.29) is 11.6 Å². The lowest BCUT2D eigenvalue weighted by atomic mass is 10.00. The number of fused-ring (bicyclic) bond motifs is 2. The molecule has 32 heavy (non-hydrogen) atoms. The van der Waals surface area contributed by atoms with E-state index in [0.29, 0.717) is 0 Å². The van der Waals surface area contributed by atoms with E-state index in [0.717, 1.165) is 43.8 Å². The standard InChI is InChI=1S/C30H16F2/c31-29-13-7-21(8-14-29)1-3-23-5-11-25-20-28-18-24(6-12-26(28)19-27(25)17-23)4-2-22-9-15-30(32)16-10-22/h5-20H. The van der Waals surface area contributed by atoms with Crippen LogP contribution in [-0.4, -0.2) is 0 Å². The van der Waals surface area contributed by atoms with Crippen molar-refractivity contribution in [2.24, 2.45) is 0 Å². The molecule has 5 aromatic rings. The molecule has 0 aliphatic carbocycles. The Morgan fingerprint density at radius 2 is 0.688 bits per heavy atom. The molecule has 0 saturated heterocycles. The van der Waals surface area contributed by atoms with Crippen molar-refractivity contribution in [1.82, 2.24) is 0 Å². The predicted octanol–water partition coefficient (Wildman–Crippen LogP) is 7.07. The average molecular weight is 414 g/mol. The topological polar surface area (TPSA) is 0 Å². The second-order valence-corrected chi connectivity index (χ2v) is 7.49. The molecule has 0 N–H and O–H groups in total. The summed E-state index contributed by atoms with van der Waals surface area (Å²) in [6, 6.07) is 28.8. The maximum absolute atomic E-state index is 13.0. The smallest absolute Gasteiger partial charge is 0.123 e. The molecule has 5 aromatic carbocycles. The van der Waals surface area contributed by atoms with Gasteiger partial charge in [0.2, 0.25) is 0 Å². The number of rotatable bonds is 0. The first-order valence-electron chi connectivity index (χ1n) is 10.2. The lowest BCUT2D eigenvalue weighted by molar-refractivity contribution is 0.627. The van der Waals surface area contributed by atoms with Gasteiger partial charge < -0.3 is 0 Å². The van der Waals surface area contributed by atoms with Gasteiger partial charge in [-0.2, -0.15) is 0 Å². The van der Waals surface area contributed by atoms with Crippen LogP contribution in [0.2, 0.25) is 0 Å². The molecule has 5 rings (SSSR count). The van der Waals surface area contributed by atoms with Gasteiger partial charge in [0.1, 0.15) is 11.6 Å². The Kier molecular flexibility index (Phi) is 5.12. The van der Waals surface area contributed by atoms with Crippen molar-refractivity contribution in [3.8, 4) is 23.7 Å². The van der Waals surface area contributed by atoms with E-state index in [2.05, 4.69) is 60.1 Å². The molecule has 0 aliphatic heterocycles. The summed E-state index contributed by atoms with van der Waals surface area (Å²) in [5, 5.41) is 4.45. The monoisotopic (exact) mass is 414 g/mol. The van der Waals surface area contributed by atoms with Gasteiger partial charge in [-0.25, -0.2) is 8.78 Å². The summed E-state index contributed by atoms with van der Waals surface area (Å²) < 4.78 is 26.1. The van der Waals surface area contributed by atoms with E-state index in [1.54, 1.807) is 24.3 Å². The lowest BCUT2D eigenvalue weighted by Crippen LogP contribution is -1.82. The zero-order chi connectivity index (χ0) is 21.9. The summed E-state index contributed by atoms with van der Waals surface area (Å²) in [5.41, 5.74) is 3.37. The van der Waals surface area contributed by atoms with Gasteiger partial charge in [-0.15, -0.1) is 0 Å². The summed E-state index contributed by atoms with van der Waals surface area (Å²) in [6.07, 6.45) is 0. The highest BCUT2D eigenvalue weighted by Crippen LogP contribution is 2.24. The predicted molar refractivity (Wildman–Crippen MR) is 126 cm³/mol. The van der Waals surface area contributed by atoms with E-state index in [1.807, 2.05) is 12.1 Å². The van der Waals surface area contributed by atoms with Crippen LogP contribution in [0.4, 0.5) is 8.78 Å². The van der Waals surface area contributed by atoms with Gasteiger partial charge in [-0.3, -0.25) is 0 Å². The Morgan fingerprint density at radius 1 is 0.344 bits per heavy atom. The van der Waals surface area contributed by atoms with Crippen molar-refractivity contribution in [3.63, 3.8) is 0 Å². The molecule has 0 fully saturated rings. The zero-order valence-electron chi connectivity index (χ0n) is 17.0. The fourth-order valence-corrected chi connectivity index (χ4v) is 3.51. The van der Waals surface area contributed by atoms with Crippen molar-refractivity contribution in [2.45, 2.75) is 0 Å². The highest BCUT2D eigenvalue weighted by atomic mass is 19.1. The molecule has 150 valence electrons. The first-order chi connectivity index (χ1) is 15.6. The molecule has 0 unspecified atom stereocenters. The maximum atomic E-state index is 13.0. The molecular weight excluding hydrogens is 398 g/mol. The number of hydrogen-bond acceptors (Lipinski definition) is 0. The van der Waals surface area contributed by atoms with Crippen LogP contribution in [0.15, 0.2) is 97.1 Å². The molecule has 0 nitrogen and oxygen atoms in total. The Balaban J connectivity index is 1.46. The minimum absolute atomic E-state index is 0.266. The quantitative estimate of drug-likeness (QED) is 0.188. The van der Waals surface area contributed by atoms with Gasteiger partial charge in [-0.1, -0.05) is 35.8 Å². The van der Waals surface area contributed by atoms with E-state index in [9.17, 15) is 8.78 Å². The number of benzene rings is 5. The van der Waals surface area contributed by atoms with Gasteiger partial charge in [0.25, 0.3) is 0 Å². The Morgan fingerprint density at radius 3 is 1.09 bits per heavy atom. The minimum atomic E-state index is -0.266. The lowest BCUT2D eigenvalue weighted by Gasteiger charge is -2.04. The molecular formula is C30H16F2. The highest BCUT2D eigenvalue weighted by molar-refractivity contribution is 5.99. The van der Waals surface area contributed by atoms with Crippen LogP contribution < -0.4 is 0 Å². The molecule has 2 heteroatoms. The summed E-state index contributed by atoms with van der Waals surface area (Å²) in [4.78, 5) is 0. The fourth-order valence-electron chi connectivity index (χ4n) is 3.51. The first kappa shape index (κ1) is 19.6. The van der Waals surface area contributed by atoms with Crippen LogP contribution in [0.25, 0.3) is 21.5 Å². The molecule has 0 amide bonds. The number of halogens is 2. The highest BCUT2D eigenvalue weighted by Gasteiger charge is 2.01. The Labute approximate surface area is 185 Å². The molecule has 0 atom stereocenters. The van der Waals surface area contributed by atoms with Crippen LogP contribution in [0, 0.1) is 35.3 Å². The van der Waals surface area contributed by atoms with E-state index in [4.69, 9.17) is 0 Å². The van der Waals surface area contributed by atoms with Crippen molar-refractivity contribution in [2.75, 3.05) is 0 Å². The molecule has 0 saturated carbocycles. The molecule has 0 bridgehead atoms. The van der Waals surface area contributed by atoms with Crippen LogP contribution in [0.3, 0.4) is 0 Å². The normalized spacial score (nSPS) is 10.3.